The average Bonchev–Trinajstić information content (AvgIpc) is 3.28. The fraction of sp³-hybridized carbons (Fsp3) is 0.333. The van der Waals surface area contributed by atoms with E-state index in [0.29, 0.717) is 16.1 Å². The van der Waals surface area contributed by atoms with E-state index in [-0.39, 0.29) is 22.8 Å². The van der Waals surface area contributed by atoms with E-state index in [2.05, 4.69) is 20.0 Å². The summed E-state index contributed by atoms with van der Waals surface area (Å²) in [6, 6.07) is 10.7. The molecule has 0 aliphatic rings. The molecule has 1 aromatic heterocycles. The van der Waals surface area contributed by atoms with Gasteiger partial charge in [0.1, 0.15) is 0 Å². The molecule has 206 valence electrons. The molecule has 9 nitrogen and oxygen atoms in total. The first-order chi connectivity index (χ1) is 17.9. The van der Waals surface area contributed by atoms with Crippen molar-refractivity contribution in [3.05, 3.63) is 65.4 Å². The zero-order valence-electron chi connectivity index (χ0n) is 20.6. The predicted molar refractivity (Wildman–Crippen MR) is 137 cm³/mol. The summed E-state index contributed by atoms with van der Waals surface area (Å²) in [5.74, 6) is -0.830. The van der Waals surface area contributed by atoms with Crippen molar-refractivity contribution in [3.8, 4) is 11.4 Å². The third kappa shape index (κ3) is 7.69. The van der Waals surface area contributed by atoms with Crippen LogP contribution in [0, 0.1) is 0 Å². The normalized spacial score (nSPS) is 12.1. The highest BCUT2D eigenvalue weighted by atomic mass is 35.5. The summed E-state index contributed by atoms with van der Waals surface area (Å²) in [6.07, 6.45) is -4.79. The number of halogens is 4. The second kappa shape index (κ2) is 12.6. The number of nitrogens with one attached hydrogen (secondary N) is 2. The van der Waals surface area contributed by atoms with E-state index in [1.807, 2.05) is 13.8 Å². The molecule has 0 unspecified atom stereocenters. The summed E-state index contributed by atoms with van der Waals surface area (Å²) < 4.78 is 74.7. The van der Waals surface area contributed by atoms with Crippen LogP contribution in [0.1, 0.15) is 26.0 Å². The Labute approximate surface area is 223 Å². The van der Waals surface area contributed by atoms with Gasteiger partial charge in [-0.2, -0.15) is 18.3 Å². The number of hydrogen-bond acceptors (Lipinski definition) is 6. The van der Waals surface area contributed by atoms with Crippen molar-refractivity contribution in [1.82, 2.24) is 19.4 Å². The van der Waals surface area contributed by atoms with E-state index in [9.17, 15) is 26.4 Å². The Hall–Kier alpha value is -3.13. The monoisotopic (exact) mass is 573 g/mol. The van der Waals surface area contributed by atoms with Gasteiger partial charge in [0.2, 0.25) is 10.0 Å². The zero-order chi connectivity index (χ0) is 27.9. The number of benzene rings is 2. The summed E-state index contributed by atoms with van der Waals surface area (Å²) in [6.45, 7) is 6.71. The second-order valence-electron chi connectivity index (χ2n) is 8.06. The lowest BCUT2D eigenvalue weighted by Crippen LogP contribution is -2.30. The molecule has 0 saturated heterocycles. The Bertz CT molecular complexity index is 1340. The number of amides is 1. The zero-order valence-corrected chi connectivity index (χ0v) is 22.2. The van der Waals surface area contributed by atoms with Gasteiger partial charge in [-0.05, 0) is 68.5 Å². The van der Waals surface area contributed by atoms with E-state index in [1.165, 1.54) is 48.5 Å². The van der Waals surface area contributed by atoms with Crippen LogP contribution in [0.25, 0.3) is 5.69 Å². The molecular weight excluding hydrogens is 547 g/mol. The molecule has 0 fully saturated rings. The molecule has 0 atom stereocenters. The highest BCUT2D eigenvalue weighted by Crippen LogP contribution is 2.38. The Kier molecular flexibility index (Phi) is 9.77. The van der Waals surface area contributed by atoms with Crippen LogP contribution < -0.4 is 14.8 Å². The van der Waals surface area contributed by atoms with Crippen molar-refractivity contribution in [1.29, 1.82) is 0 Å². The highest BCUT2D eigenvalue weighted by Gasteiger charge is 2.40. The quantitative estimate of drug-likeness (QED) is 0.307. The molecular formula is C24H27ClF3N5O4S. The number of carbonyl (C=O) groups excluding carboxylic acids is 1. The van der Waals surface area contributed by atoms with E-state index < -0.39 is 33.7 Å². The maximum atomic E-state index is 13.8. The van der Waals surface area contributed by atoms with Gasteiger partial charge in [0.15, 0.2) is 11.4 Å². The Balaban J connectivity index is 1.70. The molecule has 0 aliphatic heterocycles. The van der Waals surface area contributed by atoms with Crippen molar-refractivity contribution >= 4 is 33.4 Å². The van der Waals surface area contributed by atoms with Gasteiger partial charge in [0.05, 0.1) is 16.8 Å². The number of carbonyl (C=O) groups is 1. The molecule has 2 aromatic carbocycles. The van der Waals surface area contributed by atoms with Gasteiger partial charge < -0.3 is 9.64 Å². The number of aromatic nitrogens is 2. The first-order valence-electron chi connectivity index (χ1n) is 11.7. The van der Waals surface area contributed by atoms with E-state index >= 15 is 0 Å². The first kappa shape index (κ1) is 29.4. The van der Waals surface area contributed by atoms with Crippen LogP contribution in [0.2, 0.25) is 5.02 Å². The van der Waals surface area contributed by atoms with Gasteiger partial charge in [-0.3, -0.25) is 5.32 Å². The second-order valence-corrected chi connectivity index (χ2v) is 10.3. The third-order valence-electron chi connectivity index (χ3n) is 5.51. The molecule has 0 saturated carbocycles. The van der Waals surface area contributed by atoms with Gasteiger partial charge in [0, 0.05) is 17.3 Å². The fourth-order valence-electron chi connectivity index (χ4n) is 3.56. The molecule has 0 radical (unpaired) electrons. The van der Waals surface area contributed by atoms with E-state index in [4.69, 9.17) is 16.3 Å². The Morgan fingerprint density at radius 1 is 1.13 bits per heavy atom. The van der Waals surface area contributed by atoms with Gasteiger partial charge >= 0.3 is 12.3 Å². The molecule has 1 amide bonds. The average molecular weight is 574 g/mol. The van der Waals surface area contributed by atoms with Crippen molar-refractivity contribution in [2.45, 2.75) is 31.3 Å². The number of alkyl halides is 3. The number of ether oxygens (including phenoxy) is 1. The number of nitrogens with zero attached hydrogens (tertiary/aromatic N) is 3. The number of hydrogen-bond donors (Lipinski definition) is 2. The summed E-state index contributed by atoms with van der Waals surface area (Å²) in [5.41, 5.74) is -1.24. The lowest BCUT2D eigenvalue weighted by molar-refractivity contribution is -0.143. The highest BCUT2D eigenvalue weighted by molar-refractivity contribution is 7.89. The van der Waals surface area contributed by atoms with Crippen molar-refractivity contribution in [3.63, 3.8) is 0 Å². The smallest absolute Gasteiger partial charge is 0.406 e. The van der Waals surface area contributed by atoms with Crippen molar-refractivity contribution in [2.24, 2.45) is 0 Å². The molecule has 3 aromatic rings. The maximum absolute atomic E-state index is 13.8. The summed E-state index contributed by atoms with van der Waals surface area (Å²) in [5, 5.41) is 6.28. The third-order valence-corrected chi connectivity index (χ3v) is 7.22. The summed E-state index contributed by atoms with van der Waals surface area (Å²) in [7, 11) is -3.88. The van der Waals surface area contributed by atoms with Crippen LogP contribution in [0.5, 0.6) is 5.75 Å². The largest absolute Gasteiger partial charge is 0.437 e. The Morgan fingerprint density at radius 3 is 2.45 bits per heavy atom. The number of rotatable bonds is 11. The van der Waals surface area contributed by atoms with Gasteiger partial charge in [-0.25, -0.2) is 22.6 Å². The number of anilines is 1. The molecule has 14 heteroatoms. The maximum Gasteiger partial charge on any atom is 0.437 e. The lowest BCUT2D eigenvalue weighted by Gasteiger charge is -2.17. The summed E-state index contributed by atoms with van der Waals surface area (Å²) in [4.78, 5) is 14.5. The molecule has 3 rings (SSSR count). The minimum absolute atomic E-state index is 0.0136. The van der Waals surface area contributed by atoms with Crippen LogP contribution in [-0.4, -0.2) is 55.4 Å². The van der Waals surface area contributed by atoms with E-state index in [0.717, 1.165) is 25.8 Å². The first-order valence-corrected chi connectivity index (χ1v) is 13.5. The van der Waals surface area contributed by atoms with Crippen LogP contribution in [-0.2, 0) is 16.2 Å². The van der Waals surface area contributed by atoms with Gasteiger partial charge in [0.25, 0.3) is 0 Å². The minimum Gasteiger partial charge on any atom is -0.406 e. The molecule has 2 N–H and O–H groups in total. The fourth-order valence-corrected chi connectivity index (χ4v) is 4.81. The standard InChI is InChI=1S/C24H27ClF3N5O4S/c1-3-32(4-2)14-6-13-30-38(35,36)20-8-5-7-18(15-20)31-23(34)37-21-16-29-33(22(21)24(26,27)28)19-11-9-17(25)10-12-19/h5,7-12,15-16,30H,3-4,6,13-14H2,1-2H3,(H,31,34). The molecule has 0 bridgehead atoms. The molecule has 38 heavy (non-hydrogen) atoms. The number of sulfonamides is 1. The molecule has 0 aliphatic carbocycles. The van der Waals surface area contributed by atoms with E-state index in [1.54, 1.807) is 0 Å². The Morgan fingerprint density at radius 2 is 1.82 bits per heavy atom. The SMILES string of the molecule is CCN(CC)CCCNS(=O)(=O)c1cccc(NC(=O)Oc2cnn(-c3ccc(Cl)cc3)c2C(F)(F)F)c1. The van der Waals surface area contributed by atoms with Crippen LogP contribution in [0.3, 0.4) is 0 Å². The van der Waals surface area contributed by atoms with Crippen molar-refractivity contribution in [2.75, 3.05) is 31.5 Å². The lowest BCUT2D eigenvalue weighted by atomic mass is 10.3. The summed E-state index contributed by atoms with van der Waals surface area (Å²) >= 11 is 5.80. The predicted octanol–water partition coefficient (Wildman–Crippen LogP) is 5.17. The topological polar surface area (TPSA) is 106 Å². The van der Waals surface area contributed by atoms with Gasteiger partial charge in [-0.1, -0.05) is 31.5 Å². The molecule has 0 spiro atoms. The minimum atomic E-state index is -4.91. The van der Waals surface area contributed by atoms with Crippen molar-refractivity contribution < 1.29 is 31.1 Å². The van der Waals surface area contributed by atoms with Crippen LogP contribution in [0.4, 0.5) is 23.7 Å². The van der Waals surface area contributed by atoms with Crippen LogP contribution in [0.15, 0.2) is 59.6 Å². The molecule has 1 heterocycles. The van der Waals surface area contributed by atoms with Crippen LogP contribution >= 0.6 is 11.6 Å². The van der Waals surface area contributed by atoms with Gasteiger partial charge in [-0.15, -0.1) is 0 Å².